The molecule has 0 N–H and O–H groups in total. The number of hydrogen-bond donors (Lipinski definition) is 0. The zero-order valence-electron chi connectivity index (χ0n) is 18.1. The van der Waals surface area contributed by atoms with Gasteiger partial charge in [0.2, 0.25) is 5.90 Å². The number of benzene rings is 3. The lowest BCUT2D eigenvalue weighted by Crippen LogP contribution is -2.05. The molecule has 0 amide bonds. The van der Waals surface area contributed by atoms with Crippen LogP contribution < -0.4 is 9.47 Å². The molecule has 8 nitrogen and oxygen atoms in total. The second-order valence-corrected chi connectivity index (χ2v) is 7.20. The third kappa shape index (κ3) is 5.26. The van der Waals surface area contributed by atoms with Gasteiger partial charge in [0, 0.05) is 17.7 Å². The van der Waals surface area contributed by atoms with Crippen molar-refractivity contribution in [2.24, 2.45) is 4.99 Å². The van der Waals surface area contributed by atoms with Crippen LogP contribution in [0.2, 0.25) is 0 Å². The van der Waals surface area contributed by atoms with Gasteiger partial charge in [-0.2, -0.15) is 0 Å². The molecule has 0 aromatic heterocycles. The number of hydrogen-bond acceptors (Lipinski definition) is 7. The molecule has 0 radical (unpaired) electrons. The van der Waals surface area contributed by atoms with Crippen molar-refractivity contribution < 1.29 is 28.3 Å². The molecule has 3 aromatic rings. The van der Waals surface area contributed by atoms with E-state index in [1.807, 2.05) is 6.92 Å². The van der Waals surface area contributed by atoms with E-state index in [-0.39, 0.29) is 23.9 Å². The molecule has 0 atom stereocenters. The molecule has 0 saturated carbocycles. The summed E-state index contributed by atoms with van der Waals surface area (Å²) < 4.78 is 30.2. The van der Waals surface area contributed by atoms with Gasteiger partial charge >= 0.3 is 5.97 Å². The number of rotatable bonds is 8. The number of non-ortho nitro benzene ring substituents is 1. The van der Waals surface area contributed by atoms with Crippen LogP contribution in [0.15, 0.2) is 77.4 Å². The highest BCUT2D eigenvalue weighted by Gasteiger charge is 2.24. The van der Waals surface area contributed by atoms with Crippen LogP contribution in [-0.2, 0) is 16.1 Å². The number of aliphatic imine (C=N–C) groups is 1. The van der Waals surface area contributed by atoms with Crippen molar-refractivity contribution in [2.45, 2.75) is 13.5 Å². The Hall–Kier alpha value is -4.53. The fraction of sp³-hybridized carbons (Fsp3) is 0.120. The van der Waals surface area contributed by atoms with Crippen LogP contribution in [0.5, 0.6) is 11.5 Å². The maximum Gasteiger partial charge on any atom is 0.363 e. The average molecular weight is 462 g/mol. The zero-order valence-corrected chi connectivity index (χ0v) is 18.1. The molecule has 3 aromatic carbocycles. The largest absolute Gasteiger partial charge is 0.490 e. The quantitative estimate of drug-likeness (QED) is 0.201. The summed E-state index contributed by atoms with van der Waals surface area (Å²) in [5.41, 5.74) is 1.82. The second-order valence-electron chi connectivity index (χ2n) is 7.20. The molecular formula is C25H19FN2O6. The van der Waals surface area contributed by atoms with E-state index in [4.69, 9.17) is 14.2 Å². The van der Waals surface area contributed by atoms with Gasteiger partial charge in [-0.25, -0.2) is 14.2 Å². The van der Waals surface area contributed by atoms with Gasteiger partial charge in [0.15, 0.2) is 17.2 Å². The molecule has 1 heterocycles. The molecule has 0 aliphatic carbocycles. The third-order valence-electron chi connectivity index (χ3n) is 4.80. The minimum Gasteiger partial charge on any atom is -0.490 e. The van der Waals surface area contributed by atoms with Crippen molar-refractivity contribution in [2.75, 3.05) is 6.61 Å². The molecule has 0 saturated heterocycles. The van der Waals surface area contributed by atoms with Gasteiger partial charge in [0.05, 0.1) is 11.5 Å². The first-order chi connectivity index (χ1) is 16.4. The number of ether oxygens (including phenoxy) is 3. The minimum absolute atomic E-state index is 0.00444. The summed E-state index contributed by atoms with van der Waals surface area (Å²) in [6, 6.07) is 16.8. The predicted molar refractivity (Wildman–Crippen MR) is 122 cm³/mol. The highest BCUT2D eigenvalue weighted by atomic mass is 19.1. The minimum atomic E-state index is -0.643. The highest BCUT2D eigenvalue weighted by Crippen LogP contribution is 2.31. The van der Waals surface area contributed by atoms with Crippen LogP contribution >= 0.6 is 0 Å². The summed E-state index contributed by atoms with van der Waals surface area (Å²) in [7, 11) is 0. The van der Waals surface area contributed by atoms with E-state index in [1.165, 1.54) is 36.4 Å². The molecule has 9 heteroatoms. The highest BCUT2D eigenvalue weighted by molar-refractivity contribution is 6.12. The number of nitrogens with zero attached hydrogens (tertiary/aromatic N) is 2. The SMILES string of the molecule is CCOc1cc(/C=C2\N=C(c3cccc(F)c3)OC2=O)ccc1OCc1ccc([N+](=O)[O-])cc1. The van der Waals surface area contributed by atoms with Crippen molar-refractivity contribution in [1.82, 2.24) is 0 Å². The Kier molecular flexibility index (Phi) is 6.63. The van der Waals surface area contributed by atoms with Gasteiger partial charge in [-0.3, -0.25) is 10.1 Å². The molecule has 0 fully saturated rings. The van der Waals surface area contributed by atoms with E-state index in [2.05, 4.69) is 4.99 Å². The molecule has 0 bridgehead atoms. The summed E-state index contributed by atoms with van der Waals surface area (Å²) in [5, 5.41) is 10.8. The Morgan fingerprint density at radius 2 is 1.85 bits per heavy atom. The van der Waals surface area contributed by atoms with Crippen LogP contribution in [0.3, 0.4) is 0 Å². The van der Waals surface area contributed by atoms with Crippen LogP contribution in [0.4, 0.5) is 10.1 Å². The maximum absolute atomic E-state index is 13.5. The first-order valence-corrected chi connectivity index (χ1v) is 10.3. The van der Waals surface area contributed by atoms with Gasteiger partial charge in [-0.15, -0.1) is 0 Å². The molecule has 0 spiro atoms. The van der Waals surface area contributed by atoms with Crippen LogP contribution in [-0.4, -0.2) is 23.4 Å². The Morgan fingerprint density at radius 3 is 2.56 bits per heavy atom. The fourth-order valence-electron chi connectivity index (χ4n) is 3.19. The molecule has 34 heavy (non-hydrogen) atoms. The van der Waals surface area contributed by atoms with E-state index in [0.29, 0.717) is 29.2 Å². The first kappa shape index (κ1) is 22.7. The summed E-state index contributed by atoms with van der Waals surface area (Å²) in [4.78, 5) is 26.8. The fourth-order valence-corrected chi connectivity index (χ4v) is 3.19. The molecule has 1 aliphatic rings. The average Bonchev–Trinajstić information content (AvgIpc) is 3.19. The number of carbonyl (C=O) groups is 1. The van der Waals surface area contributed by atoms with E-state index >= 15 is 0 Å². The normalized spacial score (nSPS) is 14.0. The van der Waals surface area contributed by atoms with Crippen LogP contribution in [0.1, 0.15) is 23.6 Å². The number of esters is 1. The topological polar surface area (TPSA) is 100 Å². The van der Waals surface area contributed by atoms with Crippen LogP contribution in [0.25, 0.3) is 6.08 Å². The molecule has 172 valence electrons. The monoisotopic (exact) mass is 462 g/mol. The van der Waals surface area contributed by atoms with E-state index in [1.54, 1.807) is 36.4 Å². The van der Waals surface area contributed by atoms with Crippen molar-refractivity contribution in [3.05, 3.63) is 105 Å². The van der Waals surface area contributed by atoms with E-state index < -0.39 is 16.7 Å². The lowest BCUT2D eigenvalue weighted by molar-refractivity contribution is -0.384. The number of halogens is 1. The summed E-state index contributed by atoms with van der Waals surface area (Å²) in [5.74, 6) is -0.140. The number of nitro groups is 1. The molecule has 1 aliphatic heterocycles. The van der Waals surface area contributed by atoms with E-state index in [9.17, 15) is 19.3 Å². The molecular weight excluding hydrogens is 443 g/mol. The maximum atomic E-state index is 13.5. The van der Waals surface area contributed by atoms with Gasteiger partial charge in [-0.1, -0.05) is 12.1 Å². The number of nitro benzene ring substituents is 1. The zero-order chi connectivity index (χ0) is 24.1. The van der Waals surface area contributed by atoms with Gasteiger partial charge in [-0.05, 0) is 66.6 Å². The summed E-state index contributed by atoms with van der Waals surface area (Å²) in [6.45, 7) is 2.40. The Bertz CT molecular complexity index is 1300. The van der Waals surface area contributed by atoms with Gasteiger partial charge in [0.25, 0.3) is 5.69 Å². The number of carbonyl (C=O) groups excluding carboxylic acids is 1. The predicted octanol–water partition coefficient (Wildman–Crippen LogP) is 5.06. The van der Waals surface area contributed by atoms with Crippen molar-refractivity contribution >= 4 is 23.6 Å². The summed E-state index contributed by atoms with van der Waals surface area (Å²) in [6.07, 6.45) is 1.54. The Morgan fingerprint density at radius 1 is 1.06 bits per heavy atom. The molecule has 0 unspecified atom stereocenters. The second kappa shape index (κ2) is 9.95. The molecule has 4 rings (SSSR count). The smallest absolute Gasteiger partial charge is 0.363 e. The van der Waals surface area contributed by atoms with Gasteiger partial charge in [0.1, 0.15) is 12.4 Å². The lowest BCUT2D eigenvalue weighted by Gasteiger charge is -2.13. The standard InChI is InChI=1S/C25H19FN2O6/c1-2-32-23-13-17(8-11-22(23)33-15-16-6-9-20(10-7-16)28(30)31)12-21-25(29)34-24(27-21)18-4-3-5-19(26)14-18/h3-14H,2,15H2,1H3/b21-12-. The third-order valence-corrected chi connectivity index (χ3v) is 4.80. The van der Waals surface area contributed by atoms with Crippen molar-refractivity contribution in [1.29, 1.82) is 0 Å². The Balaban J connectivity index is 1.53. The summed E-state index contributed by atoms with van der Waals surface area (Å²) >= 11 is 0. The van der Waals surface area contributed by atoms with Crippen molar-refractivity contribution in [3.63, 3.8) is 0 Å². The first-order valence-electron chi connectivity index (χ1n) is 10.3. The number of cyclic esters (lactones) is 1. The lowest BCUT2D eigenvalue weighted by atomic mass is 10.1. The Labute approximate surface area is 194 Å². The van der Waals surface area contributed by atoms with E-state index in [0.717, 1.165) is 5.56 Å². The van der Waals surface area contributed by atoms with Crippen molar-refractivity contribution in [3.8, 4) is 11.5 Å². The van der Waals surface area contributed by atoms with Crippen LogP contribution in [0, 0.1) is 15.9 Å². The van der Waals surface area contributed by atoms with Gasteiger partial charge < -0.3 is 14.2 Å².